The predicted molar refractivity (Wildman–Crippen MR) is 113 cm³/mol. The molecule has 1 atom stereocenters. The molecule has 1 saturated heterocycles. The van der Waals surface area contributed by atoms with Gasteiger partial charge < -0.3 is 25.2 Å². The van der Waals surface area contributed by atoms with Gasteiger partial charge in [-0.3, -0.25) is 9.59 Å². The molecule has 0 radical (unpaired) electrons. The Bertz CT molecular complexity index is 867. The van der Waals surface area contributed by atoms with Crippen LogP contribution >= 0.6 is 0 Å². The van der Waals surface area contributed by atoms with Crippen molar-refractivity contribution in [2.45, 2.75) is 6.04 Å². The molecule has 0 spiro atoms. The zero-order chi connectivity index (χ0) is 21.5. The first-order chi connectivity index (χ1) is 14.4. The summed E-state index contributed by atoms with van der Waals surface area (Å²) in [7, 11) is 3.97. The number of nitrogens with zero attached hydrogens (tertiary/aromatic N) is 1. The van der Waals surface area contributed by atoms with Crippen molar-refractivity contribution in [1.29, 1.82) is 0 Å². The highest BCUT2D eigenvalue weighted by atomic mass is 19.1. The topological polar surface area (TPSA) is 75.1 Å². The monoisotopic (exact) mass is 415 g/mol. The van der Waals surface area contributed by atoms with E-state index in [4.69, 9.17) is 4.74 Å². The van der Waals surface area contributed by atoms with Crippen LogP contribution in [0.15, 0.2) is 48.5 Å². The van der Waals surface area contributed by atoms with Gasteiger partial charge in [-0.15, -0.1) is 0 Å². The van der Waals surface area contributed by atoms with E-state index in [1.165, 1.54) is 23.1 Å². The number of nitrogens with one attached hydrogen (secondary N) is 3. The Balaban J connectivity index is 1.66. The number of carbonyl (C=O) groups excluding carboxylic acids is 2. The van der Waals surface area contributed by atoms with E-state index in [2.05, 4.69) is 22.8 Å². The zero-order valence-corrected chi connectivity index (χ0v) is 17.3. The highest BCUT2D eigenvalue weighted by molar-refractivity contribution is 6.39. The lowest BCUT2D eigenvalue weighted by atomic mass is 10.0. The molecule has 2 amide bonds. The average molecular weight is 415 g/mol. The zero-order valence-electron chi connectivity index (χ0n) is 17.3. The van der Waals surface area contributed by atoms with Crippen molar-refractivity contribution < 1.29 is 23.6 Å². The van der Waals surface area contributed by atoms with E-state index in [1.54, 1.807) is 0 Å². The van der Waals surface area contributed by atoms with Gasteiger partial charge in [0.15, 0.2) is 0 Å². The number of rotatable bonds is 6. The van der Waals surface area contributed by atoms with Gasteiger partial charge in [0.1, 0.15) is 24.9 Å². The number of hydrogen-bond acceptors (Lipinski definition) is 4. The number of anilines is 2. The second-order valence-corrected chi connectivity index (χ2v) is 7.48. The lowest BCUT2D eigenvalue weighted by molar-refractivity contribution is -0.937. The summed E-state index contributed by atoms with van der Waals surface area (Å²) >= 11 is 0. The van der Waals surface area contributed by atoms with Gasteiger partial charge in [-0.1, -0.05) is 18.2 Å². The van der Waals surface area contributed by atoms with E-state index in [0.29, 0.717) is 19.8 Å². The number of morpholine rings is 1. The fourth-order valence-corrected chi connectivity index (χ4v) is 3.51. The van der Waals surface area contributed by atoms with Crippen LogP contribution in [0.2, 0.25) is 0 Å². The number of quaternary nitrogens is 1. The number of benzene rings is 2. The number of hydrogen-bond donors (Lipinski definition) is 3. The predicted octanol–water partition coefficient (Wildman–Crippen LogP) is 0.603. The van der Waals surface area contributed by atoms with E-state index in [1.807, 2.05) is 31.1 Å². The molecule has 0 aromatic heterocycles. The minimum absolute atomic E-state index is 0.00367. The maximum atomic E-state index is 13.3. The molecule has 2 aromatic rings. The fourth-order valence-electron chi connectivity index (χ4n) is 3.51. The Kier molecular flexibility index (Phi) is 7.37. The van der Waals surface area contributed by atoms with Crippen LogP contribution in [0.5, 0.6) is 0 Å². The summed E-state index contributed by atoms with van der Waals surface area (Å²) in [5, 5.41) is 5.16. The highest BCUT2D eigenvalue weighted by Gasteiger charge is 2.28. The fraction of sp³-hybridized carbons (Fsp3) is 0.364. The second kappa shape index (κ2) is 10.2. The van der Waals surface area contributed by atoms with E-state index >= 15 is 0 Å². The van der Waals surface area contributed by atoms with Crippen molar-refractivity contribution in [3.8, 4) is 0 Å². The number of halogens is 1. The van der Waals surface area contributed by atoms with E-state index < -0.39 is 17.6 Å². The molecule has 0 bridgehead atoms. The molecular formula is C22H28FN4O3+. The molecule has 0 saturated carbocycles. The quantitative estimate of drug-likeness (QED) is 0.605. The maximum Gasteiger partial charge on any atom is 0.313 e. The average Bonchev–Trinajstić information content (AvgIpc) is 2.75. The van der Waals surface area contributed by atoms with Crippen LogP contribution in [0.3, 0.4) is 0 Å². The number of ether oxygens (including phenoxy) is 1. The maximum absolute atomic E-state index is 13.3. The molecule has 1 aliphatic rings. The first kappa shape index (κ1) is 21.7. The van der Waals surface area contributed by atoms with Crippen LogP contribution in [0.25, 0.3) is 0 Å². The van der Waals surface area contributed by atoms with Crippen LogP contribution in [0.4, 0.5) is 15.8 Å². The van der Waals surface area contributed by atoms with Crippen molar-refractivity contribution in [2.75, 3.05) is 57.2 Å². The van der Waals surface area contributed by atoms with Crippen LogP contribution < -0.4 is 20.4 Å². The van der Waals surface area contributed by atoms with Gasteiger partial charge in [-0.05, 0) is 30.3 Å². The Morgan fingerprint density at radius 1 is 1.10 bits per heavy atom. The molecule has 160 valence electrons. The van der Waals surface area contributed by atoms with Crippen LogP contribution in [0.1, 0.15) is 11.6 Å². The molecule has 1 fully saturated rings. The summed E-state index contributed by atoms with van der Waals surface area (Å²) in [6.45, 7) is 3.29. The molecule has 0 unspecified atom stereocenters. The number of amides is 2. The van der Waals surface area contributed by atoms with Crippen LogP contribution in [-0.2, 0) is 14.3 Å². The van der Waals surface area contributed by atoms with Crippen molar-refractivity contribution >= 4 is 23.2 Å². The van der Waals surface area contributed by atoms with Crippen LogP contribution in [0, 0.1) is 5.82 Å². The van der Waals surface area contributed by atoms with Gasteiger partial charge in [-0.2, -0.15) is 0 Å². The Morgan fingerprint density at radius 3 is 2.43 bits per heavy atom. The largest absolute Gasteiger partial charge is 0.378 e. The summed E-state index contributed by atoms with van der Waals surface area (Å²) in [6.07, 6.45) is 0. The molecule has 30 heavy (non-hydrogen) atoms. The van der Waals surface area contributed by atoms with Crippen molar-refractivity contribution in [2.24, 2.45) is 0 Å². The van der Waals surface area contributed by atoms with E-state index in [9.17, 15) is 14.0 Å². The minimum Gasteiger partial charge on any atom is -0.378 e. The highest BCUT2D eigenvalue weighted by Crippen LogP contribution is 2.16. The van der Waals surface area contributed by atoms with Gasteiger partial charge in [0.25, 0.3) is 0 Å². The minimum atomic E-state index is -0.820. The third-order valence-corrected chi connectivity index (χ3v) is 5.20. The lowest BCUT2D eigenvalue weighted by Crippen LogP contribution is -3.15. The normalized spacial score (nSPS) is 15.3. The summed E-state index contributed by atoms with van der Waals surface area (Å²) in [6, 6.07) is 13.6. The third kappa shape index (κ3) is 5.77. The first-order valence-electron chi connectivity index (χ1n) is 9.98. The van der Waals surface area contributed by atoms with Gasteiger partial charge >= 0.3 is 11.8 Å². The second-order valence-electron chi connectivity index (χ2n) is 7.48. The molecule has 8 heteroatoms. The van der Waals surface area contributed by atoms with Crippen molar-refractivity contribution in [1.82, 2.24) is 5.32 Å². The summed E-state index contributed by atoms with van der Waals surface area (Å²) < 4.78 is 18.7. The SMILES string of the molecule is CN(C)c1ccc([C@H](CNC(=O)C(=O)Nc2cccc(F)c2)[NH+]2CCOCC2)cc1. The molecule has 3 rings (SSSR count). The standard InChI is InChI=1S/C22H27FN4O3/c1-26(2)19-8-6-16(7-9-19)20(27-10-12-30-13-11-27)15-24-21(28)22(29)25-18-5-3-4-17(23)14-18/h3-9,14,20H,10-13,15H2,1-2H3,(H,24,28)(H,25,29)/p+1/t20-/m0/s1. The van der Waals surface area contributed by atoms with E-state index in [-0.39, 0.29) is 11.7 Å². The molecule has 3 N–H and O–H groups in total. The lowest BCUT2D eigenvalue weighted by Gasteiger charge is -2.32. The molecule has 0 aliphatic carbocycles. The first-order valence-corrected chi connectivity index (χ1v) is 9.98. The molecule has 1 heterocycles. The molecule has 7 nitrogen and oxygen atoms in total. The third-order valence-electron chi connectivity index (χ3n) is 5.20. The summed E-state index contributed by atoms with van der Waals surface area (Å²) in [5.41, 5.74) is 2.42. The van der Waals surface area contributed by atoms with Crippen LogP contribution in [-0.4, -0.2) is 58.8 Å². The molecule has 1 aliphatic heterocycles. The molecule has 2 aromatic carbocycles. The van der Waals surface area contributed by atoms with Crippen molar-refractivity contribution in [3.05, 3.63) is 59.9 Å². The number of carbonyl (C=O) groups is 2. The molecular weight excluding hydrogens is 387 g/mol. The summed E-state index contributed by atoms with van der Waals surface area (Å²) in [4.78, 5) is 27.9. The Hall–Kier alpha value is -2.97. The van der Waals surface area contributed by atoms with Gasteiger partial charge in [-0.25, -0.2) is 4.39 Å². The Labute approximate surface area is 175 Å². The van der Waals surface area contributed by atoms with E-state index in [0.717, 1.165) is 30.4 Å². The van der Waals surface area contributed by atoms with Gasteiger partial charge in [0.05, 0.1) is 19.8 Å². The van der Waals surface area contributed by atoms with Gasteiger partial charge in [0.2, 0.25) is 0 Å². The Morgan fingerprint density at radius 2 is 1.80 bits per heavy atom. The van der Waals surface area contributed by atoms with Crippen molar-refractivity contribution in [3.63, 3.8) is 0 Å². The smallest absolute Gasteiger partial charge is 0.313 e. The van der Waals surface area contributed by atoms with Gasteiger partial charge in [0, 0.05) is 31.0 Å². The summed E-state index contributed by atoms with van der Waals surface area (Å²) in [5.74, 6) is -2.05.